The molecule has 0 aromatic heterocycles. The third-order valence-electron chi connectivity index (χ3n) is 3.23. The van der Waals surface area contributed by atoms with Gasteiger partial charge in [-0.3, -0.25) is 0 Å². The molecule has 0 aliphatic carbocycles. The zero-order valence-electron chi connectivity index (χ0n) is 12.4. The smallest absolute Gasteiger partial charge is 0.331 e. The molecule has 5 heteroatoms. The van der Waals surface area contributed by atoms with E-state index in [-0.39, 0.29) is 0 Å². The number of hydrogen-bond donors (Lipinski definition) is 2. The molecule has 0 fully saturated rings. The molecule has 105 valence electrons. The molecule has 0 atom stereocenters. The minimum Gasteiger partial charge on any atom is -0.494 e. The van der Waals surface area contributed by atoms with Crippen molar-refractivity contribution in [3.8, 4) is 5.75 Å². The van der Waals surface area contributed by atoms with Crippen molar-refractivity contribution in [1.29, 1.82) is 0 Å². The van der Waals surface area contributed by atoms with Crippen molar-refractivity contribution in [2.45, 2.75) is 45.8 Å². The molecule has 0 saturated heterocycles. The lowest BCUT2D eigenvalue weighted by Crippen LogP contribution is -2.49. The Labute approximate surface area is 116 Å². The third-order valence-corrected chi connectivity index (χ3v) is 3.23. The van der Waals surface area contributed by atoms with Gasteiger partial charge in [-0.1, -0.05) is 0 Å². The van der Waals surface area contributed by atoms with Crippen LogP contribution < -0.4 is 15.9 Å². The van der Waals surface area contributed by atoms with E-state index in [2.05, 4.69) is 0 Å². The van der Waals surface area contributed by atoms with Crippen molar-refractivity contribution in [2.24, 2.45) is 0 Å². The number of benzene rings is 1. The summed E-state index contributed by atoms with van der Waals surface area (Å²) in [4.78, 5) is 0. The molecule has 4 nitrogen and oxygen atoms in total. The Morgan fingerprint density at radius 3 is 2.37 bits per heavy atom. The lowest BCUT2D eigenvalue weighted by Gasteiger charge is -2.37. The highest BCUT2D eigenvalue weighted by Gasteiger charge is 2.35. The SMILES string of the molecule is CCOc1cc(N)cc([B]OC(C)(C)C(C)(C)O)c1. The van der Waals surface area contributed by atoms with Crippen LogP contribution in [0.3, 0.4) is 0 Å². The number of ether oxygens (including phenoxy) is 1. The van der Waals surface area contributed by atoms with E-state index in [1.807, 2.05) is 26.8 Å². The quantitative estimate of drug-likeness (QED) is 0.603. The minimum absolute atomic E-state index is 0.582. The van der Waals surface area contributed by atoms with Crippen molar-refractivity contribution in [3.63, 3.8) is 0 Å². The van der Waals surface area contributed by atoms with E-state index in [4.69, 9.17) is 15.1 Å². The van der Waals surface area contributed by atoms with Crippen molar-refractivity contribution >= 4 is 18.6 Å². The molecular weight excluding hydrogens is 241 g/mol. The van der Waals surface area contributed by atoms with Gasteiger partial charge < -0.3 is 20.2 Å². The Bertz CT molecular complexity index is 427. The van der Waals surface area contributed by atoms with E-state index >= 15 is 0 Å². The second-order valence-corrected chi connectivity index (χ2v) is 5.57. The summed E-state index contributed by atoms with van der Waals surface area (Å²) >= 11 is 0. The van der Waals surface area contributed by atoms with Gasteiger partial charge in [-0.15, -0.1) is 0 Å². The Morgan fingerprint density at radius 1 is 1.21 bits per heavy atom. The van der Waals surface area contributed by atoms with Crippen molar-refractivity contribution in [2.75, 3.05) is 12.3 Å². The largest absolute Gasteiger partial charge is 0.494 e. The maximum atomic E-state index is 10.0. The van der Waals surface area contributed by atoms with Crippen molar-refractivity contribution in [1.82, 2.24) is 0 Å². The van der Waals surface area contributed by atoms with E-state index in [1.165, 1.54) is 0 Å². The summed E-state index contributed by atoms with van der Waals surface area (Å²) in [5, 5.41) is 10.0. The van der Waals surface area contributed by atoms with Crippen molar-refractivity contribution < 1.29 is 14.5 Å². The van der Waals surface area contributed by atoms with Gasteiger partial charge in [-0.2, -0.15) is 0 Å². The molecule has 1 aromatic carbocycles. The summed E-state index contributed by atoms with van der Waals surface area (Å²) in [5.41, 5.74) is 5.57. The summed E-state index contributed by atoms with van der Waals surface area (Å²) in [6, 6.07) is 5.41. The number of rotatable bonds is 6. The Hall–Kier alpha value is -1.20. The molecule has 0 amide bonds. The van der Waals surface area contributed by atoms with Gasteiger partial charge in [0.1, 0.15) is 5.75 Å². The molecule has 0 heterocycles. The van der Waals surface area contributed by atoms with Crippen LogP contribution in [-0.2, 0) is 4.65 Å². The summed E-state index contributed by atoms with van der Waals surface area (Å²) in [6.07, 6.45) is 0. The first kappa shape index (κ1) is 15.9. The van der Waals surface area contributed by atoms with E-state index in [0.29, 0.717) is 18.0 Å². The molecule has 0 spiro atoms. The van der Waals surface area contributed by atoms with E-state index < -0.39 is 11.2 Å². The highest BCUT2D eigenvalue weighted by Crippen LogP contribution is 2.24. The maximum Gasteiger partial charge on any atom is 0.331 e. The van der Waals surface area contributed by atoms with Crippen LogP contribution in [0, 0.1) is 0 Å². The molecule has 0 bridgehead atoms. The van der Waals surface area contributed by atoms with Crippen LogP contribution in [0.25, 0.3) is 0 Å². The molecule has 0 aliphatic heterocycles. The van der Waals surface area contributed by atoms with Gasteiger partial charge in [0.15, 0.2) is 0 Å². The summed E-state index contributed by atoms with van der Waals surface area (Å²) < 4.78 is 11.1. The number of aliphatic hydroxyl groups is 1. The van der Waals surface area contributed by atoms with E-state index in [0.717, 1.165) is 5.46 Å². The molecule has 0 aliphatic rings. The Morgan fingerprint density at radius 2 is 1.84 bits per heavy atom. The van der Waals surface area contributed by atoms with Gasteiger partial charge in [0.25, 0.3) is 0 Å². The Kier molecular flexibility index (Phi) is 4.88. The molecule has 0 unspecified atom stereocenters. The Balaban J connectivity index is 2.78. The van der Waals surface area contributed by atoms with Crippen LogP contribution in [-0.4, -0.2) is 30.4 Å². The third kappa shape index (κ3) is 4.44. The number of hydrogen-bond acceptors (Lipinski definition) is 4. The first-order chi connectivity index (χ1) is 8.65. The standard InChI is InChI=1S/C14H23BNO3/c1-6-18-12-8-10(7-11(16)9-12)15-19-14(4,5)13(2,3)17/h7-9,17H,6,16H2,1-5H3. The fourth-order valence-electron chi connectivity index (χ4n) is 1.32. The van der Waals surface area contributed by atoms with Crippen molar-refractivity contribution in [3.05, 3.63) is 18.2 Å². The van der Waals surface area contributed by atoms with Crippen LogP contribution in [0.15, 0.2) is 18.2 Å². The minimum atomic E-state index is -0.952. The summed E-state index contributed by atoms with van der Waals surface area (Å²) in [7, 11) is 1.59. The molecule has 19 heavy (non-hydrogen) atoms. The zero-order valence-corrected chi connectivity index (χ0v) is 12.4. The van der Waals surface area contributed by atoms with Crippen LogP contribution >= 0.6 is 0 Å². The van der Waals surface area contributed by atoms with Gasteiger partial charge >= 0.3 is 7.48 Å². The average molecular weight is 264 g/mol. The molecule has 1 radical (unpaired) electrons. The normalized spacial score (nSPS) is 12.3. The molecule has 0 saturated carbocycles. The van der Waals surface area contributed by atoms with Gasteiger partial charge in [-0.25, -0.2) is 0 Å². The monoisotopic (exact) mass is 264 g/mol. The lowest BCUT2D eigenvalue weighted by molar-refractivity contribution is -0.0893. The van der Waals surface area contributed by atoms with E-state index in [9.17, 15) is 5.11 Å². The fourth-order valence-corrected chi connectivity index (χ4v) is 1.32. The summed E-state index contributed by atoms with van der Waals surface area (Å²) in [6.45, 7) is 9.59. The average Bonchev–Trinajstić information content (AvgIpc) is 2.25. The predicted octanol–water partition coefficient (Wildman–Crippen LogP) is 1.48. The molecule has 1 rings (SSSR count). The van der Waals surface area contributed by atoms with Crippen LogP contribution in [0.1, 0.15) is 34.6 Å². The number of nitrogen functional groups attached to an aromatic ring is 1. The first-order valence-electron chi connectivity index (χ1n) is 6.42. The van der Waals surface area contributed by atoms with E-state index in [1.54, 1.807) is 33.5 Å². The predicted molar refractivity (Wildman–Crippen MR) is 78.9 cm³/mol. The van der Waals surface area contributed by atoms with Crippen LogP contribution in [0.2, 0.25) is 0 Å². The molecule has 1 aromatic rings. The number of nitrogens with two attached hydrogens (primary N) is 1. The zero-order chi connectivity index (χ0) is 14.7. The van der Waals surface area contributed by atoms with Crippen LogP contribution in [0.4, 0.5) is 5.69 Å². The highest BCUT2D eigenvalue weighted by molar-refractivity contribution is 6.47. The van der Waals surface area contributed by atoms with Crippen LogP contribution in [0.5, 0.6) is 5.75 Å². The second kappa shape index (κ2) is 5.84. The van der Waals surface area contributed by atoms with Gasteiger partial charge in [-0.05, 0) is 52.2 Å². The summed E-state index contributed by atoms with van der Waals surface area (Å²) in [5.74, 6) is 0.707. The number of anilines is 1. The fraction of sp³-hybridized carbons (Fsp3) is 0.571. The lowest BCUT2D eigenvalue weighted by atomic mass is 9.82. The molecular formula is C14H23BNO3. The van der Waals surface area contributed by atoms with Gasteiger partial charge in [0.05, 0.1) is 17.8 Å². The first-order valence-corrected chi connectivity index (χ1v) is 6.42. The maximum absolute atomic E-state index is 10.0. The van der Waals surface area contributed by atoms with Gasteiger partial charge in [0.2, 0.25) is 0 Å². The molecule has 3 N–H and O–H groups in total. The highest BCUT2D eigenvalue weighted by atomic mass is 16.5. The van der Waals surface area contributed by atoms with Gasteiger partial charge in [0, 0.05) is 11.8 Å². The second-order valence-electron chi connectivity index (χ2n) is 5.57. The topological polar surface area (TPSA) is 64.7 Å².